The molecule has 0 saturated carbocycles. The molecule has 7 nitrogen and oxygen atoms in total. The van der Waals surface area contributed by atoms with Gasteiger partial charge in [-0.2, -0.15) is 8.78 Å². The van der Waals surface area contributed by atoms with E-state index in [9.17, 15) is 23.7 Å². The molecule has 0 saturated heterocycles. The van der Waals surface area contributed by atoms with E-state index in [2.05, 4.69) is 15.4 Å². The molecule has 0 heterocycles. The maximum absolute atomic E-state index is 12.4. The number of nitrogens with zero attached hydrogens (tertiary/aromatic N) is 1. The Labute approximate surface area is 148 Å². The van der Waals surface area contributed by atoms with Gasteiger partial charge in [-0.1, -0.05) is 13.8 Å². The number of hydrogen-bond donors (Lipinski definition) is 2. The van der Waals surface area contributed by atoms with Crippen molar-refractivity contribution < 1.29 is 23.2 Å². The molecule has 0 aliphatic heterocycles. The Morgan fingerprint density at radius 3 is 2.19 bits per heavy atom. The summed E-state index contributed by atoms with van der Waals surface area (Å²) in [4.78, 5) is 21.7. The van der Waals surface area contributed by atoms with Gasteiger partial charge >= 0.3 is 12.3 Å². The number of carbonyl (C=O) groups excluding carboxylic acids is 1. The fourth-order valence-corrected chi connectivity index (χ4v) is 2.02. The minimum absolute atomic E-state index is 0.116. The second-order valence-corrected chi connectivity index (χ2v) is 5.66. The highest BCUT2D eigenvalue weighted by Crippen LogP contribution is 2.32. The first kappa shape index (κ1) is 19.1. The van der Waals surface area contributed by atoms with E-state index < -0.39 is 23.0 Å². The smallest absolute Gasteiger partial charge is 0.387 e. The van der Waals surface area contributed by atoms with Crippen molar-refractivity contribution in [1.82, 2.24) is 0 Å². The van der Waals surface area contributed by atoms with E-state index in [0.717, 1.165) is 12.1 Å². The SMILES string of the molecule is CC(C)C(=O)Nc1ccc(Nc2ccc([N+](=O)[O-])c(OC(F)F)c2)cc1. The fraction of sp³-hybridized carbons (Fsp3) is 0.235. The van der Waals surface area contributed by atoms with E-state index in [4.69, 9.17) is 0 Å². The molecular formula is C17H17F2N3O4. The van der Waals surface area contributed by atoms with Crippen LogP contribution < -0.4 is 15.4 Å². The summed E-state index contributed by atoms with van der Waals surface area (Å²) in [7, 11) is 0. The van der Waals surface area contributed by atoms with E-state index in [1.54, 1.807) is 38.1 Å². The van der Waals surface area contributed by atoms with Crippen molar-refractivity contribution in [2.75, 3.05) is 10.6 Å². The summed E-state index contributed by atoms with van der Waals surface area (Å²) in [5, 5.41) is 16.5. The number of hydrogen-bond acceptors (Lipinski definition) is 5. The average Bonchev–Trinajstić information content (AvgIpc) is 2.56. The molecule has 9 heteroatoms. The summed E-state index contributed by atoms with van der Waals surface area (Å²) >= 11 is 0. The third-order valence-corrected chi connectivity index (χ3v) is 3.34. The molecular weight excluding hydrogens is 348 g/mol. The van der Waals surface area contributed by atoms with Gasteiger partial charge in [0.15, 0.2) is 0 Å². The Balaban J connectivity index is 2.15. The van der Waals surface area contributed by atoms with Gasteiger partial charge in [-0.15, -0.1) is 0 Å². The number of benzene rings is 2. The van der Waals surface area contributed by atoms with Crippen molar-refractivity contribution in [3.63, 3.8) is 0 Å². The van der Waals surface area contributed by atoms with E-state index in [-0.39, 0.29) is 11.8 Å². The second-order valence-electron chi connectivity index (χ2n) is 5.66. The monoisotopic (exact) mass is 365 g/mol. The molecule has 0 atom stereocenters. The van der Waals surface area contributed by atoms with Crippen LogP contribution in [0, 0.1) is 16.0 Å². The first-order valence-corrected chi connectivity index (χ1v) is 7.67. The second kappa shape index (κ2) is 8.24. The number of nitro benzene ring substituents is 1. The number of alkyl halides is 2. The molecule has 0 fully saturated rings. The summed E-state index contributed by atoms with van der Waals surface area (Å²) in [5.74, 6) is -0.799. The highest BCUT2D eigenvalue weighted by molar-refractivity contribution is 5.92. The van der Waals surface area contributed by atoms with Gasteiger partial charge < -0.3 is 15.4 Å². The Morgan fingerprint density at radius 2 is 1.65 bits per heavy atom. The zero-order valence-corrected chi connectivity index (χ0v) is 14.0. The zero-order valence-electron chi connectivity index (χ0n) is 14.0. The van der Waals surface area contributed by atoms with Gasteiger partial charge in [0.25, 0.3) is 0 Å². The molecule has 0 aliphatic rings. The summed E-state index contributed by atoms with van der Waals surface area (Å²) in [6.07, 6.45) is 0. The number of nitrogens with one attached hydrogen (secondary N) is 2. The molecule has 138 valence electrons. The summed E-state index contributed by atoms with van der Waals surface area (Å²) in [6, 6.07) is 10.3. The lowest BCUT2D eigenvalue weighted by atomic mass is 10.2. The van der Waals surface area contributed by atoms with Gasteiger partial charge in [-0.3, -0.25) is 14.9 Å². The third kappa shape index (κ3) is 5.13. The number of halogens is 2. The van der Waals surface area contributed by atoms with Crippen LogP contribution >= 0.6 is 0 Å². The number of nitro groups is 1. The highest BCUT2D eigenvalue weighted by atomic mass is 19.3. The van der Waals surface area contributed by atoms with Crippen molar-refractivity contribution in [3.8, 4) is 5.75 Å². The zero-order chi connectivity index (χ0) is 19.3. The topological polar surface area (TPSA) is 93.5 Å². The molecule has 2 N–H and O–H groups in total. The van der Waals surface area contributed by atoms with E-state index in [0.29, 0.717) is 17.1 Å². The molecule has 0 unspecified atom stereocenters. The first-order chi connectivity index (χ1) is 12.3. The van der Waals surface area contributed by atoms with Crippen molar-refractivity contribution in [3.05, 3.63) is 52.6 Å². The maximum atomic E-state index is 12.4. The summed E-state index contributed by atoms with van der Waals surface area (Å²) in [6.45, 7) is 0.380. The molecule has 1 amide bonds. The van der Waals surface area contributed by atoms with Crippen LogP contribution in [0.2, 0.25) is 0 Å². The van der Waals surface area contributed by atoms with E-state index in [1.165, 1.54) is 6.07 Å². The van der Waals surface area contributed by atoms with Crippen molar-refractivity contribution in [2.45, 2.75) is 20.5 Å². The minimum atomic E-state index is -3.17. The third-order valence-electron chi connectivity index (χ3n) is 3.34. The first-order valence-electron chi connectivity index (χ1n) is 7.67. The van der Waals surface area contributed by atoms with Gasteiger partial charge in [0.1, 0.15) is 0 Å². The van der Waals surface area contributed by atoms with Crippen LogP contribution in [0.4, 0.5) is 31.5 Å². The van der Waals surface area contributed by atoms with Gasteiger partial charge in [0, 0.05) is 35.1 Å². The Kier molecular flexibility index (Phi) is 6.05. The van der Waals surface area contributed by atoms with Crippen LogP contribution in [-0.2, 0) is 4.79 Å². The highest BCUT2D eigenvalue weighted by Gasteiger charge is 2.19. The van der Waals surface area contributed by atoms with Crippen molar-refractivity contribution >= 4 is 28.7 Å². The molecule has 0 radical (unpaired) electrons. The number of anilines is 3. The lowest BCUT2D eigenvalue weighted by Crippen LogP contribution is -2.17. The van der Waals surface area contributed by atoms with Crippen LogP contribution in [0.15, 0.2) is 42.5 Å². The van der Waals surface area contributed by atoms with Gasteiger partial charge in [0.2, 0.25) is 11.7 Å². The Morgan fingerprint density at radius 1 is 1.08 bits per heavy atom. The quantitative estimate of drug-likeness (QED) is 0.555. The average molecular weight is 365 g/mol. The molecule has 2 aromatic rings. The molecule has 2 aromatic carbocycles. The predicted octanol–water partition coefficient (Wildman–Crippen LogP) is 4.53. The standard InChI is InChI=1S/C17H17F2N3O4/c1-10(2)16(23)21-12-5-3-11(4-6-12)20-13-7-8-14(22(24)25)15(9-13)26-17(18)19/h3-10,17,20H,1-2H3,(H,21,23). The molecule has 2 rings (SSSR count). The van der Waals surface area contributed by atoms with Gasteiger partial charge in [0.05, 0.1) is 4.92 Å². The van der Waals surface area contributed by atoms with Gasteiger partial charge in [-0.25, -0.2) is 0 Å². The van der Waals surface area contributed by atoms with Crippen LogP contribution in [0.5, 0.6) is 5.75 Å². The lowest BCUT2D eigenvalue weighted by Gasteiger charge is -2.11. The predicted molar refractivity (Wildman–Crippen MR) is 92.9 cm³/mol. The number of carbonyl (C=O) groups is 1. The van der Waals surface area contributed by atoms with Crippen LogP contribution in [-0.4, -0.2) is 17.4 Å². The largest absolute Gasteiger partial charge is 0.427 e. The van der Waals surface area contributed by atoms with E-state index >= 15 is 0 Å². The van der Waals surface area contributed by atoms with Crippen LogP contribution in [0.25, 0.3) is 0 Å². The lowest BCUT2D eigenvalue weighted by molar-refractivity contribution is -0.386. The maximum Gasteiger partial charge on any atom is 0.387 e. The number of rotatable bonds is 7. The molecule has 0 aromatic heterocycles. The number of amides is 1. The fourth-order valence-electron chi connectivity index (χ4n) is 2.02. The molecule has 0 aliphatic carbocycles. The van der Waals surface area contributed by atoms with Crippen molar-refractivity contribution in [1.29, 1.82) is 0 Å². The van der Waals surface area contributed by atoms with E-state index in [1.807, 2.05) is 0 Å². The molecule has 0 bridgehead atoms. The molecule has 26 heavy (non-hydrogen) atoms. The van der Waals surface area contributed by atoms with Crippen LogP contribution in [0.1, 0.15) is 13.8 Å². The Hall–Kier alpha value is -3.23. The summed E-state index contributed by atoms with van der Waals surface area (Å²) < 4.78 is 29.1. The van der Waals surface area contributed by atoms with Gasteiger partial charge in [-0.05, 0) is 30.3 Å². The molecule has 0 spiro atoms. The number of ether oxygens (including phenoxy) is 1. The summed E-state index contributed by atoms with van der Waals surface area (Å²) in [5.41, 5.74) is 0.997. The van der Waals surface area contributed by atoms with Crippen molar-refractivity contribution in [2.24, 2.45) is 5.92 Å². The van der Waals surface area contributed by atoms with Crippen LogP contribution in [0.3, 0.4) is 0 Å². The minimum Gasteiger partial charge on any atom is -0.427 e. The normalized spacial score (nSPS) is 10.7. The Bertz CT molecular complexity index is 795.